The lowest BCUT2D eigenvalue weighted by Crippen LogP contribution is -2.39. The van der Waals surface area contributed by atoms with Crippen LogP contribution in [0, 0.1) is 0 Å². The van der Waals surface area contributed by atoms with Gasteiger partial charge in [0, 0.05) is 31.5 Å². The minimum Gasteiger partial charge on any atom is -0.462 e. The van der Waals surface area contributed by atoms with Gasteiger partial charge >= 0.3 is 5.97 Å². The molecule has 0 radical (unpaired) electrons. The normalized spacial score (nSPS) is 19.8. The van der Waals surface area contributed by atoms with Gasteiger partial charge in [0.25, 0.3) is 0 Å². The quantitative estimate of drug-likeness (QED) is 0.807. The van der Waals surface area contributed by atoms with Crippen molar-refractivity contribution in [1.82, 2.24) is 9.47 Å². The van der Waals surface area contributed by atoms with Gasteiger partial charge in [-0.25, -0.2) is 4.79 Å². The Balaban J connectivity index is 1.65. The van der Waals surface area contributed by atoms with Crippen molar-refractivity contribution in [2.45, 2.75) is 45.3 Å². The molecule has 1 atom stereocenters. The van der Waals surface area contributed by atoms with Crippen LogP contribution in [0.15, 0.2) is 36.5 Å². The van der Waals surface area contributed by atoms with Gasteiger partial charge in [-0.2, -0.15) is 0 Å². The third-order valence-corrected chi connectivity index (χ3v) is 5.24. The van der Waals surface area contributed by atoms with Gasteiger partial charge in [0.05, 0.1) is 18.2 Å². The summed E-state index contributed by atoms with van der Waals surface area (Å²) in [6.07, 6.45) is 5.33. The second kappa shape index (κ2) is 6.44. The number of ether oxygens (including phenoxy) is 1. The van der Waals surface area contributed by atoms with Crippen molar-refractivity contribution in [3.05, 3.63) is 58.9 Å². The van der Waals surface area contributed by atoms with Crippen LogP contribution in [0.2, 0.25) is 0 Å². The summed E-state index contributed by atoms with van der Waals surface area (Å²) in [6, 6.07) is 11.1. The summed E-state index contributed by atoms with van der Waals surface area (Å²) in [5.74, 6) is -0.162. The number of benzene rings is 1. The minimum atomic E-state index is -0.162. The molecule has 1 aromatic heterocycles. The molecule has 1 aromatic carbocycles. The van der Waals surface area contributed by atoms with Gasteiger partial charge in [0.15, 0.2) is 0 Å². The predicted octanol–water partition coefficient (Wildman–Crippen LogP) is 3.56. The molecular formula is C20H24N2O2. The maximum absolute atomic E-state index is 12.3. The number of hydrogen-bond acceptors (Lipinski definition) is 3. The lowest BCUT2D eigenvalue weighted by molar-refractivity contribution is 0.0525. The van der Waals surface area contributed by atoms with Crippen LogP contribution < -0.4 is 0 Å². The van der Waals surface area contributed by atoms with Gasteiger partial charge in [-0.3, -0.25) is 4.90 Å². The van der Waals surface area contributed by atoms with E-state index in [0.717, 1.165) is 38.0 Å². The molecule has 1 aliphatic heterocycles. The van der Waals surface area contributed by atoms with Crippen LogP contribution >= 0.6 is 0 Å². The van der Waals surface area contributed by atoms with Gasteiger partial charge in [0.1, 0.15) is 0 Å². The summed E-state index contributed by atoms with van der Waals surface area (Å²) >= 11 is 0. The molecule has 0 bridgehead atoms. The fraction of sp³-hybridized carbons (Fsp3) is 0.450. The molecule has 4 heteroatoms. The summed E-state index contributed by atoms with van der Waals surface area (Å²) < 4.78 is 7.56. The van der Waals surface area contributed by atoms with Crippen molar-refractivity contribution in [2.75, 3.05) is 13.2 Å². The Kier molecular flexibility index (Phi) is 4.15. The maximum Gasteiger partial charge on any atom is 0.339 e. The van der Waals surface area contributed by atoms with E-state index in [1.165, 1.54) is 23.2 Å². The van der Waals surface area contributed by atoms with E-state index in [4.69, 9.17) is 4.74 Å². The maximum atomic E-state index is 12.3. The standard InChI is InChI=1S/C20H24N2O2/c1-2-24-20(23)17-14-22-12-11-21(13-15-7-4-3-5-8-15)18-10-6-9-16(17)19(18)22/h3-5,7-8,14,18H,2,6,9-13H2,1H3. The Bertz CT molecular complexity index is 736. The molecule has 4 rings (SSSR count). The van der Waals surface area contributed by atoms with Crippen LogP contribution in [0.1, 0.15) is 53.0 Å². The Labute approximate surface area is 143 Å². The molecule has 2 aliphatic rings. The van der Waals surface area contributed by atoms with Gasteiger partial charge in [-0.15, -0.1) is 0 Å². The SMILES string of the molecule is CCOC(=O)c1cn2c3c1CCCC3N(Cc1ccccc1)CC2. The van der Waals surface area contributed by atoms with Gasteiger partial charge in [-0.05, 0) is 37.3 Å². The topological polar surface area (TPSA) is 34.5 Å². The summed E-state index contributed by atoms with van der Waals surface area (Å²) in [6.45, 7) is 5.26. The smallest absolute Gasteiger partial charge is 0.339 e. The molecule has 1 unspecified atom stereocenters. The van der Waals surface area contributed by atoms with Crippen molar-refractivity contribution >= 4 is 5.97 Å². The lowest BCUT2D eigenvalue weighted by atomic mass is 9.89. The molecule has 2 heterocycles. The van der Waals surface area contributed by atoms with Crippen LogP contribution in [-0.2, 0) is 24.2 Å². The molecule has 1 aliphatic carbocycles. The van der Waals surface area contributed by atoms with E-state index in [1.807, 2.05) is 13.1 Å². The number of carbonyl (C=O) groups is 1. The van der Waals surface area contributed by atoms with E-state index in [1.54, 1.807) is 0 Å². The first-order valence-corrected chi connectivity index (χ1v) is 8.95. The Morgan fingerprint density at radius 3 is 2.88 bits per heavy atom. The number of rotatable bonds is 4. The van der Waals surface area contributed by atoms with E-state index in [0.29, 0.717) is 12.6 Å². The number of nitrogens with zero attached hydrogens (tertiary/aromatic N) is 2. The van der Waals surface area contributed by atoms with Crippen LogP contribution in [0.3, 0.4) is 0 Å². The molecular weight excluding hydrogens is 300 g/mol. The summed E-state index contributed by atoms with van der Waals surface area (Å²) in [5, 5.41) is 0. The van der Waals surface area contributed by atoms with Crippen molar-refractivity contribution < 1.29 is 9.53 Å². The number of hydrogen-bond donors (Lipinski definition) is 0. The minimum absolute atomic E-state index is 0.162. The lowest BCUT2D eigenvalue weighted by Gasteiger charge is -2.40. The molecule has 2 aromatic rings. The summed E-state index contributed by atoms with van der Waals surface area (Å²) in [7, 11) is 0. The van der Waals surface area contributed by atoms with Crippen molar-refractivity contribution in [3.8, 4) is 0 Å². The zero-order valence-electron chi connectivity index (χ0n) is 14.2. The van der Waals surface area contributed by atoms with Crippen LogP contribution in [0.4, 0.5) is 0 Å². The van der Waals surface area contributed by atoms with E-state index in [9.17, 15) is 4.79 Å². The second-order valence-electron chi connectivity index (χ2n) is 6.68. The molecule has 0 fully saturated rings. The highest BCUT2D eigenvalue weighted by molar-refractivity contribution is 5.91. The summed E-state index contributed by atoms with van der Waals surface area (Å²) in [5.41, 5.74) is 4.72. The Morgan fingerprint density at radius 1 is 1.25 bits per heavy atom. The average molecular weight is 324 g/mol. The third kappa shape index (κ3) is 2.65. The molecule has 0 spiro atoms. The van der Waals surface area contributed by atoms with Crippen molar-refractivity contribution in [2.24, 2.45) is 0 Å². The van der Waals surface area contributed by atoms with Crippen molar-refractivity contribution in [1.29, 1.82) is 0 Å². The molecule has 4 nitrogen and oxygen atoms in total. The van der Waals surface area contributed by atoms with Crippen LogP contribution in [0.25, 0.3) is 0 Å². The Hall–Kier alpha value is -2.07. The molecule has 126 valence electrons. The molecule has 0 saturated carbocycles. The first kappa shape index (κ1) is 15.5. The van der Waals surface area contributed by atoms with Gasteiger partial charge < -0.3 is 9.30 Å². The summed E-state index contributed by atoms with van der Waals surface area (Å²) in [4.78, 5) is 14.9. The van der Waals surface area contributed by atoms with E-state index in [2.05, 4.69) is 39.8 Å². The molecule has 24 heavy (non-hydrogen) atoms. The van der Waals surface area contributed by atoms with Crippen LogP contribution in [-0.4, -0.2) is 28.6 Å². The Morgan fingerprint density at radius 2 is 2.08 bits per heavy atom. The van der Waals surface area contributed by atoms with Gasteiger partial charge in [0.2, 0.25) is 0 Å². The van der Waals surface area contributed by atoms with E-state index < -0.39 is 0 Å². The number of esters is 1. The third-order valence-electron chi connectivity index (χ3n) is 5.24. The molecule has 0 amide bonds. The first-order chi connectivity index (χ1) is 11.8. The molecule has 0 N–H and O–H groups in total. The zero-order valence-corrected chi connectivity index (χ0v) is 14.2. The van der Waals surface area contributed by atoms with Gasteiger partial charge in [-0.1, -0.05) is 30.3 Å². The van der Waals surface area contributed by atoms with Crippen LogP contribution in [0.5, 0.6) is 0 Å². The van der Waals surface area contributed by atoms with E-state index in [-0.39, 0.29) is 5.97 Å². The van der Waals surface area contributed by atoms with E-state index >= 15 is 0 Å². The number of carbonyl (C=O) groups excluding carboxylic acids is 1. The fourth-order valence-electron chi connectivity index (χ4n) is 4.20. The fourth-order valence-corrected chi connectivity index (χ4v) is 4.20. The highest BCUT2D eigenvalue weighted by Crippen LogP contribution is 2.40. The second-order valence-corrected chi connectivity index (χ2v) is 6.68. The monoisotopic (exact) mass is 324 g/mol. The largest absolute Gasteiger partial charge is 0.462 e. The molecule has 0 saturated heterocycles. The first-order valence-electron chi connectivity index (χ1n) is 8.95. The average Bonchev–Trinajstić information content (AvgIpc) is 2.99. The van der Waals surface area contributed by atoms with Crippen molar-refractivity contribution in [3.63, 3.8) is 0 Å². The zero-order chi connectivity index (χ0) is 16.5. The highest BCUT2D eigenvalue weighted by Gasteiger charge is 2.35. The number of aromatic nitrogens is 1. The predicted molar refractivity (Wildman–Crippen MR) is 92.9 cm³/mol. The highest BCUT2D eigenvalue weighted by atomic mass is 16.5.